The first-order valence-electron chi connectivity index (χ1n) is 8.34. The fourth-order valence-electron chi connectivity index (χ4n) is 3.75. The van der Waals surface area contributed by atoms with Crippen LogP contribution in [-0.4, -0.2) is 43.5 Å². The molecule has 134 valence electrons. The SMILES string of the molecule is CN(C(=O)c1ccc2c(c1)S(=O)(=O)N(C)C2=O)C1CCc2ccccc21. The Labute approximate surface area is 152 Å². The molecule has 7 heteroatoms. The minimum Gasteiger partial charge on any atom is -0.335 e. The van der Waals surface area contributed by atoms with Gasteiger partial charge >= 0.3 is 0 Å². The van der Waals surface area contributed by atoms with Gasteiger partial charge in [0.05, 0.1) is 11.6 Å². The van der Waals surface area contributed by atoms with Gasteiger partial charge in [-0.3, -0.25) is 9.59 Å². The second-order valence-corrected chi connectivity index (χ2v) is 8.60. The number of nitrogens with zero attached hydrogens (tertiary/aromatic N) is 2. The van der Waals surface area contributed by atoms with Crippen molar-refractivity contribution in [2.45, 2.75) is 23.8 Å². The molecule has 6 nitrogen and oxygen atoms in total. The maximum absolute atomic E-state index is 12.9. The van der Waals surface area contributed by atoms with Gasteiger partial charge in [-0.15, -0.1) is 0 Å². The van der Waals surface area contributed by atoms with Crippen molar-refractivity contribution < 1.29 is 18.0 Å². The van der Waals surface area contributed by atoms with E-state index in [1.54, 1.807) is 11.9 Å². The van der Waals surface area contributed by atoms with E-state index in [1.807, 2.05) is 18.2 Å². The van der Waals surface area contributed by atoms with E-state index in [1.165, 1.54) is 30.8 Å². The van der Waals surface area contributed by atoms with Crippen molar-refractivity contribution in [1.29, 1.82) is 0 Å². The number of benzene rings is 2. The highest BCUT2D eigenvalue weighted by Gasteiger charge is 2.39. The Kier molecular flexibility index (Phi) is 3.66. The van der Waals surface area contributed by atoms with Crippen molar-refractivity contribution in [1.82, 2.24) is 9.21 Å². The normalized spacial score (nSPS) is 20.0. The van der Waals surface area contributed by atoms with Gasteiger partial charge in [0.25, 0.3) is 21.8 Å². The molecular weight excluding hydrogens is 352 g/mol. The monoisotopic (exact) mass is 370 g/mol. The number of carbonyl (C=O) groups is 2. The van der Waals surface area contributed by atoms with E-state index >= 15 is 0 Å². The number of fused-ring (bicyclic) bond motifs is 2. The molecule has 1 aliphatic heterocycles. The molecule has 0 fully saturated rings. The van der Waals surface area contributed by atoms with Crippen LogP contribution in [0.5, 0.6) is 0 Å². The van der Waals surface area contributed by atoms with Gasteiger partial charge in [0.1, 0.15) is 4.90 Å². The minimum absolute atomic E-state index is 0.0344. The smallest absolute Gasteiger partial charge is 0.268 e. The Bertz CT molecular complexity index is 1050. The Morgan fingerprint density at radius 3 is 2.69 bits per heavy atom. The Hall–Kier alpha value is -2.67. The van der Waals surface area contributed by atoms with E-state index in [4.69, 9.17) is 0 Å². The van der Waals surface area contributed by atoms with Gasteiger partial charge in [-0.05, 0) is 42.2 Å². The molecule has 1 atom stereocenters. The average molecular weight is 370 g/mol. The molecule has 0 bridgehead atoms. The number of amides is 2. The topological polar surface area (TPSA) is 74.8 Å². The van der Waals surface area contributed by atoms with E-state index in [0.717, 1.165) is 18.4 Å². The quantitative estimate of drug-likeness (QED) is 0.812. The fourth-order valence-corrected chi connectivity index (χ4v) is 5.07. The number of hydrogen-bond donors (Lipinski definition) is 0. The van der Waals surface area contributed by atoms with Gasteiger partial charge in [0.15, 0.2) is 0 Å². The molecule has 0 N–H and O–H groups in total. The Morgan fingerprint density at radius 2 is 1.92 bits per heavy atom. The molecule has 1 heterocycles. The van der Waals surface area contributed by atoms with Crippen molar-refractivity contribution in [2.75, 3.05) is 14.1 Å². The van der Waals surface area contributed by atoms with Gasteiger partial charge in [0, 0.05) is 19.7 Å². The molecule has 0 saturated heterocycles. The Morgan fingerprint density at radius 1 is 1.19 bits per heavy atom. The van der Waals surface area contributed by atoms with Crippen LogP contribution >= 0.6 is 0 Å². The van der Waals surface area contributed by atoms with Crippen molar-refractivity contribution in [3.05, 3.63) is 64.7 Å². The molecule has 1 unspecified atom stereocenters. The van der Waals surface area contributed by atoms with E-state index in [2.05, 4.69) is 6.07 Å². The lowest BCUT2D eigenvalue weighted by molar-refractivity contribution is 0.0729. The van der Waals surface area contributed by atoms with Crippen LogP contribution in [0.2, 0.25) is 0 Å². The number of rotatable bonds is 2. The zero-order valence-electron chi connectivity index (χ0n) is 14.5. The highest BCUT2D eigenvalue weighted by molar-refractivity contribution is 7.90. The maximum Gasteiger partial charge on any atom is 0.268 e. The summed E-state index contributed by atoms with van der Waals surface area (Å²) in [5, 5.41) is 0. The maximum atomic E-state index is 12.9. The summed E-state index contributed by atoms with van der Waals surface area (Å²) in [5.41, 5.74) is 2.74. The van der Waals surface area contributed by atoms with Crippen LogP contribution in [0.3, 0.4) is 0 Å². The van der Waals surface area contributed by atoms with Crippen molar-refractivity contribution >= 4 is 21.8 Å². The first-order valence-corrected chi connectivity index (χ1v) is 9.78. The molecule has 2 aromatic rings. The molecule has 0 aromatic heterocycles. The zero-order valence-corrected chi connectivity index (χ0v) is 15.3. The molecule has 1 aliphatic carbocycles. The molecule has 2 aromatic carbocycles. The third kappa shape index (κ3) is 2.27. The molecule has 2 aliphatic rings. The molecule has 0 spiro atoms. The number of aryl methyl sites for hydroxylation is 1. The van der Waals surface area contributed by atoms with Crippen molar-refractivity contribution in [3.8, 4) is 0 Å². The molecule has 0 saturated carbocycles. The van der Waals surface area contributed by atoms with Crippen LogP contribution < -0.4 is 0 Å². The second kappa shape index (κ2) is 5.67. The molecule has 26 heavy (non-hydrogen) atoms. The first kappa shape index (κ1) is 16.8. The van der Waals surface area contributed by atoms with Gasteiger partial charge in [0.2, 0.25) is 0 Å². The van der Waals surface area contributed by atoms with Crippen molar-refractivity contribution in [3.63, 3.8) is 0 Å². The highest BCUT2D eigenvalue weighted by atomic mass is 32.2. The van der Waals surface area contributed by atoms with Crippen LogP contribution in [0.1, 0.15) is 44.3 Å². The summed E-state index contributed by atoms with van der Waals surface area (Å²) in [6, 6.07) is 12.3. The highest BCUT2D eigenvalue weighted by Crippen LogP contribution is 2.36. The largest absolute Gasteiger partial charge is 0.335 e. The predicted molar refractivity (Wildman–Crippen MR) is 95.3 cm³/mol. The number of sulfonamides is 1. The Balaban J connectivity index is 1.69. The number of carbonyl (C=O) groups excluding carboxylic acids is 2. The van der Waals surface area contributed by atoms with Gasteiger partial charge in [-0.2, -0.15) is 0 Å². The third-order valence-corrected chi connectivity index (χ3v) is 7.05. The summed E-state index contributed by atoms with van der Waals surface area (Å²) in [6.07, 6.45) is 1.75. The summed E-state index contributed by atoms with van der Waals surface area (Å²) in [6.45, 7) is 0. The minimum atomic E-state index is -3.87. The summed E-state index contributed by atoms with van der Waals surface area (Å²) in [5.74, 6) is -0.830. The molecule has 0 radical (unpaired) electrons. The lowest BCUT2D eigenvalue weighted by Crippen LogP contribution is -2.30. The van der Waals surface area contributed by atoms with Crippen molar-refractivity contribution in [2.24, 2.45) is 0 Å². The fraction of sp³-hybridized carbons (Fsp3) is 0.263. The first-order chi connectivity index (χ1) is 12.3. The number of hydrogen-bond acceptors (Lipinski definition) is 4. The van der Waals surface area contributed by atoms with Crippen LogP contribution in [0.15, 0.2) is 47.4 Å². The van der Waals surface area contributed by atoms with E-state index < -0.39 is 15.9 Å². The third-order valence-electron chi connectivity index (χ3n) is 5.27. The lowest BCUT2D eigenvalue weighted by Gasteiger charge is -2.25. The molecule has 2 amide bonds. The molecule has 4 rings (SSSR count). The van der Waals surface area contributed by atoms with Crippen LogP contribution in [-0.2, 0) is 16.4 Å². The van der Waals surface area contributed by atoms with Gasteiger partial charge in [-0.1, -0.05) is 24.3 Å². The van der Waals surface area contributed by atoms with Crippen LogP contribution in [0, 0.1) is 0 Å². The van der Waals surface area contributed by atoms with Crippen LogP contribution in [0.4, 0.5) is 0 Å². The summed E-state index contributed by atoms with van der Waals surface area (Å²) < 4.78 is 25.4. The molecular formula is C19H18N2O4S. The zero-order chi connectivity index (χ0) is 18.6. The van der Waals surface area contributed by atoms with E-state index in [0.29, 0.717) is 4.31 Å². The summed E-state index contributed by atoms with van der Waals surface area (Å²) >= 11 is 0. The summed E-state index contributed by atoms with van der Waals surface area (Å²) in [7, 11) is -0.917. The standard InChI is InChI=1S/C19H18N2O4S/c1-20(16-10-8-12-5-3-4-6-14(12)16)18(22)13-7-9-15-17(11-13)26(24,25)21(2)19(15)23/h3-7,9,11,16H,8,10H2,1-2H3. The lowest BCUT2D eigenvalue weighted by atomic mass is 10.1. The van der Waals surface area contributed by atoms with Gasteiger partial charge < -0.3 is 4.90 Å². The second-order valence-electron chi connectivity index (χ2n) is 6.66. The average Bonchev–Trinajstić information content (AvgIpc) is 3.15. The van der Waals surface area contributed by atoms with E-state index in [-0.39, 0.29) is 28.0 Å². The van der Waals surface area contributed by atoms with E-state index in [9.17, 15) is 18.0 Å². The van der Waals surface area contributed by atoms with Crippen LogP contribution in [0.25, 0.3) is 0 Å². The summed E-state index contributed by atoms with van der Waals surface area (Å²) in [4.78, 5) is 26.5. The predicted octanol–water partition coefficient (Wildman–Crippen LogP) is 2.22. The van der Waals surface area contributed by atoms with Gasteiger partial charge in [-0.25, -0.2) is 12.7 Å².